The largest absolute Gasteiger partial charge is 0.354 e. The number of hydrogen-bond acceptors (Lipinski definition) is 1. The minimum atomic E-state index is 0.143. The highest BCUT2D eigenvalue weighted by atomic mass is 16.1. The van der Waals surface area contributed by atoms with Crippen molar-refractivity contribution in [2.45, 2.75) is 53.5 Å². The molecule has 0 heterocycles. The normalized spacial score (nSPS) is 11.0. The zero-order chi connectivity index (χ0) is 9.28. The Balaban J connectivity index is 0. The minimum Gasteiger partial charge on any atom is -0.354 e. The van der Waals surface area contributed by atoms with E-state index in [0.717, 1.165) is 6.42 Å². The van der Waals surface area contributed by atoms with Gasteiger partial charge in [0.2, 0.25) is 5.91 Å². The Morgan fingerprint density at radius 3 is 2.09 bits per heavy atom. The molecule has 1 N–H and O–H groups in total. The monoisotopic (exact) mass is 159 g/mol. The summed E-state index contributed by atoms with van der Waals surface area (Å²) < 4.78 is 0. The van der Waals surface area contributed by atoms with Gasteiger partial charge in [-0.25, -0.2) is 0 Å². The van der Waals surface area contributed by atoms with Gasteiger partial charge in [0.25, 0.3) is 0 Å². The van der Waals surface area contributed by atoms with Crippen LogP contribution in [0, 0.1) is 0 Å². The van der Waals surface area contributed by atoms with Gasteiger partial charge in [0, 0.05) is 12.5 Å². The number of nitrogens with one attached hydrogen (secondary N) is 1. The van der Waals surface area contributed by atoms with E-state index in [0.29, 0.717) is 12.5 Å². The third kappa shape index (κ3) is 9.47. The average Bonchev–Trinajstić information content (AvgIpc) is 2.07. The Morgan fingerprint density at radius 1 is 1.36 bits per heavy atom. The highest BCUT2D eigenvalue weighted by Gasteiger charge is 2.00. The van der Waals surface area contributed by atoms with Gasteiger partial charge in [-0.05, 0) is 13.3 Å². The molecule has 0 aliphatic carbocycles. The fourth-order valence-electron chi connectivity index (χ4n) is 0.479. The first-order chi connectivity index (χ1) is 5.20. The molecule has 0 aromatic heterocycles. The van der Waals surface area contributed by atoms with Crippen LogP contribution in [0.15, 0.2) is 0 Å². The highest BCUT2D eigenvalue weighted by Crippen LogP contribution is 1.87. The van der Waals surface area contributed by atoms with Crippen LogP contribution < -0.4 is 5.32 Å². The van der Waals surface area contributed by atoms with Gasteiger partial charge in [0.05, 0.1) is 0 Å². The molecule has 2 heteroatoms. The van der Waals surface area contributed by atoms with Gasteiger partial charge >= 0.3 is 0 Å². The summed E-state index contributed by atoms with van der Waals surface area (Å²) >= 11 is 0. The molecule has 2 nitrogen and oxygen atoms in total. The molecule has 0 aromatic carbocycles. The molecule has 0 aliphatic rings. The standard InChI is InChI=1S/C7H15NO.C2H6/c1-4-6(3)8-7(9)5-2;1-2/h6H,4-5H2,1-3H3,(H,8,9);1-2H3. The SMILES string of the molecule is CC.CCC(=O)NC(C)CC. The van der Waals surface area contributed by atoms with Gasteiger partial charge in [0.1, 0.15) is 0 Å². The molecule has 1 unspecified atom stereocenters. The zero-order valence-electron chi connectivity index (χ0n) is 8.40. The zero-order valence-corrected chi connectivity index (χ0v) is 8.40. The van der Waals surface area contributed by atoms with Crippen LogP contribution >= 0.6 is 0 Å². The lowest BCUT2D eigenvalue weighted by molar-refractivity contribution is -0.121. The summed E-state index contributed by atoms with van der Waals surface area (Å²) in [6.45, 7) is 9.92. The Morgan fingerprint density at radius 2 is 1.82 bits per heavy atom. The van der Waals surface area contributed by atoms with Crippen molar-refractivity contribution in [3.63, 3.8) is 0 Å². The Kier molecular flexibility index (Phi) is 11.3. The molecule has 1 atom stereocenters. The molecule has 0 spiro atoms. The van der Waals surface area contributed by atoms with Gasteiger partial charge < -0.3 is 5.32 Å². The molecule has 0 aliphatic heterocycles. The lowest BCUT2D eigenvalue weighted by atomic mass is 10.2. The van der Waals surface area contributed by atoms with Crippen molar-refractivity contribution in [3.8, 4) is 0 Å². The minimum absolute atomic E-state index is 0.143. The molecule has 0 fully saturated rings. The molecule has 0 rings (SSSR count). The van der Waals surface area contributed by atoms with Gasteiger partial charge in [-0.2, -0.15) is 0 Å². The van der Waals surface area contributed by atoms with E-state index in [2.05, 4.69) is 12.2 Å². The lowest BCUT2D eigenvalue weighted by Crippen LogP contribution is -2.31. The van der Waals surface area contributed by atoms with Crippen LogP contribution in [-0.4, -0.2) is 11.9 Å². The first-order valence-electron chi connectivity index (χ1n) is 4.50. The molecule has 0 radical (unpaired) electrons. The molecule has 0 saturated heterocycles. The van der Waals surface area contributed by atoms with Gasteiger partial charge in [-0.1, -0.05) is 27.7 Å². The van der Waals surface area contributed by atoms with E-state index in [1.54, 1.807) is 0 Å². The molecular weight excluding hydrogens is 138 g/mol. The van der Waals surface area contributed by atoms with Gasteiger partial charge in [-0.15, -0.1) is 0 Å². The second kappa shape index (κ2) is 9.47. The van der Waals surface area contributed by atoms with Crippen molar-refractivity contribution in [3.05, 3.63) is 0 Å². The third-order valence-electron chi connectivity index (χ3n) is 1.34. The quantitative estimate of drug-likeness (QED) is 0.673. The van der Waals surface area contributed by atoms with E-state index in [9.17, 15) is 4.79 Å². The van der Waals surface area contributed by atoms with Crippen LogP contribution in [0.5, 0.6) is 0 Å². The van der Waals surface area contributed by atoms with Crippen LogP contribution in [0.3, 0.4) is 0 Å². The Labute approximate surface area is 70.4 Å². The number of hydrogen-bond donors (Lipinski definition) is 1. The van der Waals surface area contributed by atoms with Crippen LogP contribution in [0.4, 0.5) is 0 Å². The van der Waals surface area contributed by atoms with E-state index in [1.165, 1.54) is 0 Å². The molecular formula is C9H21NO. The molecule has 0 saturated carbocycles. The topological polar surface area (TPSA) is 29.1 Å². The number of carbonyl (C=O) groups excluding carboxylic acids is 1. The molecule has 68 valence electrons. The lowest BCUT2D eigenvalue weighted by Gasteiger charge is -2.08. The van der Waals surface area contributed by atoms with Crippen molar-refractivity contribution >= 4 is 5.91 Å². The maximum atomic E-state index is 10.7. The Hall–Kier alpha value is -0.530. The molecule has 0 bridgehead atoms. The van der Waals surface area contributed by atoms with Crippen molar-refractivity contribution in [1.82, 2.24) is 5.32 Å². The highest BCUT2D eigenvalue weighted by molar-refractivity contribution is 5.75. The van der Waals surface area contributed by atoms with Crippen LogP contribution in [0.25, 0.3) is 0 Å². The Bertz CT molecular complexity index is 91.6. The van der Waals surface area contributed by atoms with Crippen molar-refractivity contribution in [2.75, 3.05) is 0 Å². The maximum Gasteiger partial charge on any atom is 0.219 e. The number of amides is 1. The van der Waals surface area contributed by atoms with E-state index >= 15 is 0 Å². The van der Waals surface area contributed by atoms with Gasteiger partial charge in [-0.3, -0.25) is 4.79 Å². The van der Waals surface area contributed by atoms with E-state index in [-0.39, 0.29) is 5.91 Å². The van der Waals surface area contributed by atoms with E-state index in [1.807, 2.05) is 27.7 Å². The van der Waals surface area contributed by atoms with E-state index < -0.39 is 0 Å². The second-order valence-corrected chi connectivity index (χ2v) is 2.23. The van der Waals surface area contributed by atoms with Gasteiger partial charge in [0.15, 0.2) is 0 Å². The first kappa shape index (κ1) is 13.1. The first-order valence-corrected chi connectivity index (χ1v) is 4.50. The third-order valence-corrected chi connectivity index (χ3v) is 1.34. The summed E-state index contributed by atoms with van der Waals surface area (Å²) in [5, 5.41) is 2.84. The van der Waals surface area contributed by atoms with Crippen LogP contribution in [0.2, 0.25) is 0 Å². The molecule has 11 heavy (non-hydrogen) atoms. The summed E-state index contributed by atoms with van der Waals surface area (Å²) in [5.74, 6) is 0.143. The fourth-order valence-corrected chi connectivity index (χ4v) is 0.479. The smallest absolute Gasteiger partial charge is 0.219 e. The second-order valence-electron chi connectivity index (χ2n) is 2.23. The fraction of sp³-hybridized carbons (Fsp3) is 0.889. The number of rotatable bonds is 3. The van der Waals surface area contributed by atoms with Crippen molar-refractivity contribution in [2.24, 2.45) is 0 Å². The van der Waals surface area contributed by atoms with Crippen LogP contribution in [-0.2, 0) is 4.79 Å². The summed E-state index contributed by atoms with van der Waals surface area (Å²) in [5.41, 5.74) is 0. The summed E-state index contributed by atoms with van der Waals surface area (Å²) in [4.78, 5) is 10.7. The maximum absolute atomic E-state index is 10.7. The average molecular weight is 159 g/mol. The molecule has 1 amide bonds. The van der Waals surface area contributed by atoms with Crippen molar-refractivity contribution in [1.29, 1.82) is 0 Å². The summed E-state index contributed by atoms with van der Waals surface area (Å²) in [6, 6.07) is 0.331. The summed E-state index contributed by atoms with van der Waals surface area (Å²) in [7, 11) is 0. The number of carbonyl (C=O) groups is 1. The predicted molar refractivity (Wildman–Crippen MR) is 49.5 cm³/mol. The van der Waals surface area contributed by atoms with Crippen molar-refractivity contribution < 1.29 is 4.79 Å². The van der Waals surface area contributed by atoms with E-state index in [4.69, 9.17) is 0 Å². The molecule has 0 aromatic rings. The predicted octanol–water partition coefficient (Wildman–Crippen LogP) is 2.34. The summed E-state index contributed by atoms with van der Waals surface area (Å²) in [6.07, 6.45) is 1.59. The van der Waals surface area contributed by atoms with Crippen LogP contribution in [0.1, 0.15) is 47.5 Å².